The summed E-state index contributed by atoms with van der Waals surface area (Å²) in [6, 6.07) is 10.1. The molecule has 0 radical (unpaired) electrons. The van der Waals surface area contributed by atoms with Crippen LogP contribution in [0.15, 0.2) is 42.6 Å². The molecular weight excluding hydrogens is 319 g/mol. The normalized spacial score (nSPS) is 10.7. The fraction of sp³-hybridized carbons (Fsp3) is 0.368. The van der Waals surface area contributed by atoms with E-state index in [0.717, 1.165) is 25.2 Å². The Bertz CT molecular complexity index is 673. The van der Waals surface area contributed by atoms with Crippen LogP contribution < -0.4 is 10.6 Å². The van der Waals surface area contributed by atoms with Crippen molar-refractivity contribution in [1.29, 1.82) is 0 Å². The van der Waals surface area contributed by atoms with E-state index in [1.807, 2.05) is 20.2 Å². The lowest BCUT2D eigenvalue weighted by atomic mass is 10.1. The van der Waals surface area contributed by atoms with E-state index in [1.54, 1.807) is 30.5 Å². The molecule has 0 saturated carbocycles. The number of rotatable bonds is 9. The van der Waals surface area contributed by atoms with Crippen LogP contribution in [0, 0.1) is 5.82 Å². The fourth-order valence-electron chi connectivity index (χ4n) is 2.36. The highest BCUT2D eigenvalue weighted by atomic mass is 19.1. The second kappa shape index (κ2) is 9.74. The third-order valence-electron chi connectivity index (χ3n) is 3.75. The minimum absolute atomic E-state index is 0.250. The van der Waals surface area contributed by atoms with Gasteiger partial charge in [-0.1, -0.05) is 18.2 Å². The number of benzene rings is 1. The number of carbonyl (C=O) groups excluding carboxylic acids is 1. The van der Waals surface area contributed by atoms with Crippen LogP contribution in [-0.4, -0.2) is 49.5 Å². The van der Waals surface area contributed by atoms with Gasteiger partial charge < -0.3 is 15.5 Å². The molecule has 1 aromatic heterocycles. The summed E-state index contributed by atoms with van der Waals surface area (Å²) in [5.74, 6) is -0.505. The molecule has 2 N–H and O–H groups in total. The highest BCUT2D eigenvalue weighted by Crippen LogP contribution is 2.08. The Kier molecular flexibility index (Phi) is 7.35. The molecule has 0 bridgehead atoms. The van der Waals surface area contributed by atoms with Crippen molar-refractivity contribution in [3.8, 4) is 0 Å². The Morgan fingerprint density at radius 1 is 1.16 bits per heavy atom. The standard InChI is InChI=1S/C19H25FN4O/c1-24(2)13-5-11-21-16-8-9-18(23-14-16)19(25)22-12-10-15-6-3-4-7-17(15)20/h3-4,6-9,14,21H,5,10-13H2,1-2H3,(H,22,25). The van der Waals surface area contributed by atoms with Crippen molar-refractivity contribution in [1.82, 2.24) is 15.2 Å². The number of nitrogens with one attached hydrogen (secondary N) is 2. The number of halogens is 1. The minimum Gasteiger partial charge on any atom is -0.384 e. The highest BCUT2D eigenvalue weighted by Gasteiger charge is 2.07. The van der Waals surface area contributed by atoms with Gasteiger partial charge in [0.05, 0.1) is 11.9 Å². The molecule has 0 spiro atoms. The number of hydrogen-bond donors (Lipinski definition) is 2. The van der Waals surface area contributed by atoms with E-state index in [1.165, 1.54) is 6.07 Å². The molecule has 1 heterocycles. The molecule has 1 amide bonds. The van der Waals surface area contributed by atoms with Crippen molar-refractivity contribution in [3.05, 3.63) is 59.7 Å². The van der Waals surface area contributed by atoms with Gasteiger partial charge in [-0.15, -0.1) is 0 Å². The van der Waals surface area contributed by atoms with Gasteiger partial charge in [0.15, 0.2) is 0 Å². The van der Waals surface area contributed by atoms with Gasteiger partial charge in [0.1, 0.15) is 11.5 Å². The molecule has 2 rings (SSSR count). The molecule has 0 aliphatic heterocycles. The maximum absolute atomic E-state index is 13.5. The number of pyridine rings is 1. The average Bonchev–Trinajstić information content (AvgIpc) is 2.60. The van der Waals surface area contributed by atoms with E-state index < -0.39 is 0 Å². The van der Waals surface area contributed by atoms with Crippen LogP contribution in [-0.2, 0) is 6.42 Å². The van der Waals surface area contributed by atoms with Gasteiger partial charge in [0, 0.05) is 13.1 Å². The summed E-state index contributed by atoms with van der Waals surface area (Å²) in [5, 5.41) is 6.04. The number of hydrogen-bond acceptors (Lipinski definition) is 4. The molecule has 0 atom stereocenters. The molecule has 134 valence electrons. The van der Waals surface area contributed by atoms with Crippen molar-refractivity contribution in [3.63, 3.8) is 0 Å². The lowest BCUT2D eigenvalue weighted by Crippen LogP contribution is -2.26. The molecule has 5 nitrogen and oxygen atoms in total. The SMILES string of the molecule is CN(C)CCCNc1ccc(C(=O)NCCc2ccccc2F)nc1. The lowest BCUT2D eigenvalue weighted by molar-refractivity contribution is 0.0949. The number of aromatic nitrogens is 1. The largest absolute Gasteiger partial charge is 0.384 e. The third-order valence-corrected chi connectivity index (χ3v) is 3.75. The predicted molar refractivity (Wildman–Crippen MR) is 98.3 cm³/mol. The summed E-state index contributed by atoms with van der Waals surface area (Å²) in [5.41, 5.74) is 1.84. The van der Waals surface area contributed by atoms with E-state index in [-0.39, 0.29) is 11.7 Å². The second-order valence-corrected chi connectivity index (χ2v) is 6.11. The van der Waals surface area contributed by atoms with Gasteiger partial charge in [0.2, 0.25) is 0 Å². The lowest BCUT2D eigenvalue weighted by Gasteiger charge is -2.10. The molecule has 0 aliphatic carbocycles. The monoisotopic (exact) mass is 344 g/mol. The zero-order chi connectivity index (χ0) is 18.1. The molecule has 1 aromatic carbocycles. The highest BCUT2D eigenvalue weighted by molar-refractivity contribution is 5.92. The van der Waals surface area contributed by atoms with E-state index in [2.05, 4.69) is 20.5 Å². The number of nitrogens with zero attached hydrogens (tertiary/aromatic N) is 2. The Balaban J connectivity index is 1.75. The van der Waals surface area contributed by atoms with Crippen LogP contribution in [0.5, 0.6) is 0 Å². The maximum atomic E-state index is 13.5. The zero-order valence-electron chi connectivity index (χ0n) is 14.8. The summed E-state index contributed by atoms with van der Waals surface area (Å²) < 4.78 is 13.5. The molecule has 2 aromatic rings. The summed E-state index contributed by atoms with van der Waals surface area (Å²) >= 11 is 0. The molecule has 0 saturated heterocycles. The van der Waals surface area contributed by atoms with Crippen LogP contribution in [0.25, 0.3) is 0 Å². The van der Waals surface area contributed by atoms with Gasteiger partial charge in [-0.2, -0.15) is 0 Å². The topological polar surface area (TPSA) is 57.3 Å². The Morgan fingerprint density at radius 3 is 2.64 bits per heavy atom. The van der Waals surface area contributed by atoms with Crippen LogP contribution >= 0.6 is 0 Å². The first-order valence-corrected chi connectivity index (χ1v) is 8.42. The molecule has 6 heteroatoms. The summed E-state index contributed by atoms with van der Waals surface area (Å²) in [7, 11) is 4.09. The van der Waals surface area contributed by atoms with Crippen LogP contribution in [0.1, 0.15) is 22.5 Å². The Hall–Kier alpha value is -2.47. The van der Waals surface area contributed by atoms with Crippen molar-refractivity contribution < 1.29 is 9.18 Å². The second-order valence-electron chi connectivity index (χ2n) is 6.11. The van der Waals surface area contributed by atoms with Crippen molar-refractivity contribution >= 4 is 11.6 Å². The van der Waals surface area contributed by atoms with Gasteiger partial charge in [0.25, 0.3) is 5.91 Å². The zero-order valence-corrected chi connectivity index (χ0v) is 14.8. The van der Waals surface area contributed by atoms with E-state index >= 15 is 0 Å². The third kappa shape index (κ3) is 6.51. The smallest absolute Gasteiger partial charge is 0.269 e. The van der Waals surface area contributed by atoms with Crippen LogP contribution in [0.2, 0.25) is 0 Å². The Morgan fingerprint density at radius 2 is 1.96 bits per heavy atom. The summed E-state index contributed by atoms with van der Waals surface area (Å²) in [6.45, 7) is 2.24. The van der Waals surface area contributed by atoms with Gasteiger partial charge in [-0.3, -0.25) is 4.79 Å². The Labute approximate surface area is 148 Å². The predicted octanol–water partition coefficient (Wildman–Crippen LogP) is 2.56. The summed E-state index contributed by atoms with van der Waals surface area (Å²) in [6.07, 6.45) is 3.14. The minimum atomic E-state index is -0.254. The molecule has 25 heavy (non-hydrogen) atoms. The molecule has 0 fully saturated rings. The quantitative estimate of drug-likeness (QED) is 0.687. The van der Waals surface area contributed by atoms with Crippen LogP contribution in [0.4, 0.5) is 10.1 Å². The molecular formula is C19H25FN4O. The van der Waals surface area contributed by atoms with Crippen LogP contribution in [0.3, 0.4) is 0 Å². The van der Waals surface area contributed by atoms with E-state index in [4.69, 9.17) is 0 Å². The number of anilines is 1. The number of amides is 1. The van der Waals surface area contributed by atoms with Gasteiger partial charge >= 0.3 is 0 Å². The van der Waals surface area contributed by atoms with Crippen molar-refractivity contribution in [2.75, 3.05) is 39.0 Å². The van der Waals surface area contributed by atoms with Crippen molar-refractivity contribution in [2.45, 2.75) is 12.8 Å². The van der Waals surface area contributed by atoms with Gasteiger partial charge in [-0.05, 0) is 57.2 Å². The molecule has 0 unspecified atom stereocenters. The molecule has 0 aliphatic rings. The number of carbonyl (C=O) groups is 1. The van der Waals surface area contributed by atoms with E-state index in [9.17, 15) is 9.18 Å². The first kappa shape index (κ1) is 18.9. The average molecular weight is 344 g/mol. The fourth-order valence-corrected chi connectivity index (χ4v) is 2.36. The van der Waals surface area contributed by atoms with E-state index in [0.29, 0.717) is 24.2 Å². The first-order chi connectivity index (χ1) is 12.1. The summed E-state index contributed by atoms with van der Waals surface area (Å²) in [4.78, 5) is 18.4. The van der Waals surface area contributed by atoms with Crippen molar-refractivity contribution in [2.24, 2.45) is 0 Å². The van der Waals surface area contributed by atoms with Gasteiger partial charge in [-0.25, -0.2) is 9.37 Å². The maximum Gasteiger partial charge on any atom is 0.269 e. The first-order valence-electron chi connectivity index (χ1n) is 8.42.